The van der Waals surface area contributed by atoms with Gasteiger partial charge in [-0.3, -0.25) is 0 Å². The summed E-state index contributed by atoms with van der Waals surface area (Å²) in [7, 11) is 0. The Balaban J connectivity index is 2.16. The Morgan fingerprint density at radius 2 is 1.94 bits per heavy atom. The van der Waals surface area contributed by atoms with E-state index in [1.165, 1.54) is 25.7 Å². The van der Waals surface area contributed by atoms with E-state index in [2.05, 4.69) is 31.4 Å². The summed E-state index contributed by atoms with van der Waals surface area (Å²) >= 11 is 0. The SMILES string of the molecule is CCNC(=O)NC1CC(C[C@@H](CC)C(C)C)C1. The van der Waals surface area contributed by atoms with E-state index in [0.29, 0.717) is 12.6 Å². The van der Waals surface area contributed by atoms with Crippen LogP contribution in [0.25, 0.3) is 0 Å². The molecule has 1 aliphatic rings. The summed E-state index contributed by atoms with van der Waals surface area (Å²) in [5.41, 5.74) is 0. The Morgan fingerprint density at radius 1 is 1.29 bits per heavy atom. The van der Waals surface area contributed by atoms with Gasteiger partial charge in [0.2, 0.25) is 0 Å². The Labute approximate surface area is 106 Å². The van der Waals surface area contributed by atoms with Gasteiger partial charge in [0.05, 0.1) is 0 Å². The summed E-state index contributed by atoms with van der Waals surface area (Å²) in [6.45, 7) is 9.56. The molecule has 1 rings (SSSR count). The third-order valence-electron chi connectivity index (χ3n) is 4.01. The molecule has 0 aromatic carbocycles. The fourth-order valence-corrected chi connectivity index (χ4v) is 2.78. The van der Waals surface area contributed by atoms with Crippen molar-refractivity contribution in [2.75, 3.05) is 6.54 Å². The Morgan fingerprint density at radius 3 is 2.41 bits per heavy atom. The molecular weight excluding hydrogens is 212 g/mol. The molecule has 1 fully saturated rings. The minimum absolute atomic E-state index is 0.00755. The van der Waals surface area contributed by atoms with Gasteiger partial charge in [0.25, 0.3) is 0 Å². The summed E-state index contributed by atoms with van der Waals surface area (Å²) in [5.74, 6) is 2.47. The second-order valence-electron chi connectivity index (χ2n) is 5.69. The molecule has 1 saturated carbocycles. The predicted molar refractivity (Wildman–Crippen MR) is 72.0 cm³/mol. The van der Waals surface area contributed by atoms with Crippen molar-refractivity contribution in [2.45, 2.75) is 59.4 Å². The highest BCUT2D eigenvalue weighted by molar-refractivity contribution is 5.74. The lowest BCUT2D eigenvalue weighted by Crippen LogP contribution is -2.48. The van der Waals surface area contributed by atoms with Crippen LogP contribution in [0.4, 0.5) is 4.79 Å². The summed E-state index contributed by atoms with van der Waals surface area (Å²) in [6.07, 6.45) is 4.95. The third kappa shape index (κ3) is 4.57. The summed E-state index contributed by atoms with van der Waals surface area (Å²) < 4.78 is 0. The van der Waals surface area contributed by atoms with Crippen molar-refractivity contribution in [1.29, 1.82) is 0 Å². The summed E-state index contributed by atoms with van der Waals surface area (Å²) in [5, 5.41) is 5.80. The van der Waals surface area contributed by atoms with Crippen molar-refractivity contribution in [3.63, 3.8) is 0 Å². The van der Waals surface area contributed by atoms with Crippen LogP contribution < -0.4 is 10.6 Å². The molecule has 0 unspecified atom stereocenters. The van der Waals surface area contributed by atoms with Gasteiger partial charge in [0.1, 0.15) is 0 Å². The molecule has 0 aromatic heterocycles. The largest absolute Gasteiger partial charge is 0.338 e. The fraction of sp³-hybridized carbons (Fsp3) is 0.929. The maximum Gasteiger partial charge on any atom is 0.314 e. The van der Waals surface area contributed by atoms with E-state index >= 15 is 0 Å². The van der Waals surface area contributed by atoms with E-state index in [0.717, 1.165) is 17.8 Å². The smallest absolute Gasteiger partial charge is 0.314 e. The highest BCUT2D eigenvalue weighted by atomic mass is 16.2. The molecule has 0 aromatic rings. The molecule has 0 aliphatic heterocycles. The molecule has 100 valence electrons. The fourth-order valence-electron chi connectivity index (χ4n) is 2.78. The van der Waals surface area contributed by atoms with E-state index < -0.39 is 0 Å². The average Bonchev–Trinajstić information content (AvgIpc) is 2.21. The predicted octanol–water partition coefficient (Wildman–Crippen LogP) is 3.16. The van der Waals surface area contributed by atoms with E-state index in [1.807, 2.05) is 6.92 Å². The molecular formula is C14H28N2O. The topological polar surface area (TPSA) is 41.1 Å². The van der Waals surface area contributed by atoms with Gasteiger partial charge in [-0.2, -0.15) is 0 Å². The zero-order valence-electron chi connectivity index (χ0n) is 11.8. The molecule has 3 nitrogen and oxygen atoms in total. The number of rotatable bonds is 6. The van der Waals surface area contributed by atoms with Crippen LogP contribution in [-0.2, 0) is 0 Å². The van der Waals surface area contributed by atoms with Crippen molar-refractivity contribution in [3.05, 3.63) is 0 Å². The molecule has 0 spiro atoms. The maximum atomic E-state index is 11.3. The molecule has 0 saturated heterocycles. The van der Waals surface area contributed by atoms with Crippen LogP contribution in [0, 0.1) is 17.8 Å². The van der Waals surface area contributed by atoms with Crippen LogP contribution in [-0.4, -0.2) is 18.6 Å². The molecule has 2 amide bonds. The van der Waals surface area contributed by atoms with E-state index in [1.54, 1.807) is 0 Å². The number of carbonyl (C=O) groups is 1. The number of carbonyl (C=O) groups excluding carboxylic acids is 1. The molecule has 0 radical (unpaired) electrons. The first-order valence-corrected chi connectivity index (χ1v) is 7.11. The minimum atomic E-state index is -0.00755. The van der Waals surface area contributed by atoms with Gasteiger partial charge in [-0.05, 0) is 43.9 Å². The van der Waals surface area contributed by atoms with Crippen molar-refractivity contribution in [2.24, 2.45) is 17.8 Å². The van der Waals surface area contributed by atoms with Crippen LogP contribution in [0.1, 0.15) is 53.4 Å². The Bertz CT molecular complexity index is 234. The number of urea groups is 1. The number of hydrogen-bond acceptors (Lipinski definition) is 1. The van der Waals surface area contributed by atoms with Gasteiger partial charge in [-0.15, -0.1) is 0 Å². The molecule has 3 heteroatoms. The minimum Gasteiger partial charge on any atom is -0.338 e. The highest BCUT2D eigenvalue weighted by Crippen LogP contribution is 2.35. The van der Waals surface area contributed by atoms with Crippen LogP contribution in [0.15, 0.2) is 0 Å². The van der Waals surface area contributed by atoms with Crippen LogP contribution in [0.5, 0.6) is 0 Å². The van der Waals surface area contributed by atoms with E-state index in [-0.39, 0.29) is 6.03 Å². The van der Waals surface area contributed by atoms with Gasteiger partial charge in [0.15, 0.2) is 0 Å². The molecule has 2 N–H and O–H groups in total. The van der Waals surface area contributed by atoms with Gasteiger partial charge >= 0.3 is 6.03 Å². The van der Waals surface area contributed by atoms with Crippen LogP contribution in [0.3, 0.4) is 0 Å². The Kier molecular flexibility index (Phi) is 5.79. The zero-order valence-corrected chi connectivity index (χ0v) is 11.8. The van der Waals surface area contributed by atoms with Crippen molar-refractivity contribution in [1.82, 2.24) is 10.6 Å². The van der Waals surface area contributed by atoms with Gasteiger partial charge < -0.3 is 10.6 Å². The first-order valence-electron chi connectivity index (χ1n) is 7.11. The van der Waals surface area contributed by atoms with Crippen molar-refractivity contribution < 1.29 is 4.79 Å². The second-order valence-corrected chi connectivity index (χ2v) is 5.69. The number of nitrogens with one attached hydrogen (secondary N) is 2. The normalized spacial score (nSPS) is 25.2. The lowest BCUT2D eigenvalue weighted by Gasteiger charge is -2.38. The molecule has 0 bridgehead atoms. The number of hydrogen-bond donors (Lipinski definition) is 2. The summed E-state index contributed by atoms with van der Waals surface area (Å²) in [4.78, 5) is 11.3. The van der Waals surface area contributed by atoms with Crippen LogP contribution in [0.2, 0.25) is 0 Å². The molecule has 1 aliphatic carbocycles. The van der Waals surface area contributed by atoms with Gasteiger partial charge in [0, 0.05) is 12.6 Å². The highest BCUT2D eigenvalue weighted by Gasteiger charge is 2.32. The number of amides is 2. The molecule has 0 heterocycles. The zero-order chi connectivity index (χ0) is 12.8. The quantitative estimate of drug-likeness (QED) is 0.735. The third-order valence-corrected chi connectivity index (χ3v) is 4.01. The second kappa shape index (κ2) is 6.87. The van der Waals surface area contributed by atoms with Gasteiger partial charge in [-0.1, -0.05) is 27.2 Å². The first-order chi connectivity index (χ1) is 8.06. The van der Waals surface area contributed by atoms with E-state index in [4.69, 9.17) is 0 Å². The lowest BCUT2D eigenvalue weighted by atomic mass is 9.72. The van der Waals surface area contributed by atoms with Gasteiger partial charge in [-0.25, -0.2) is 4.79 Å². The Hall–Kier alpha value is -0.730. The lowest BCUT2D eigenvalue weighted by molar-refractivity contribution is 0.163. The first kappa shape index (κ1) is 14.3. The van der Waals surface area contributed by atoms with E-state index in [9.17, 15) is 4.79 Å². The average molecular weight is 240 g/mol. The van der Waals surface area contributed by atoms with Crippen molar-refractivity contribution in [3.8, 4) is 0 Å². The maximum absolute atomic E-state index is 11.3. The molecule has 1 atom stereocenters. The van der Waals surface area contributed by atoms with Crippen LogP contribution >= 0.6 is 0 Å². The summed E-state index contributed by atoms with van der Waals surface area (Å²) in [6, 6.07) is 0.406. The molecule has 17 heavy (non-hydrogen) atoms. The van der Waals surface area contributed by atoms with Crippen molar-refractivity contribution >= 4 is 6.03 Å². The monoisotopic (exact) mass is 240 g/mol. The standard InChI is InChI=1S/C14H28N2O/c1-5-12(10(3)4)7-11-8-13(9-11)16-14(17)15-6-2/h10-13H,5-9H2,1-4H3,(H2,15,16,17)/t11?,12-,13?/m1/s1.